The van der Waals surface area contributed by atoms with Gasteiger partial charge in [-0.1, -0.05) is 63.6 Å². The zero-order chi connectivity index (χ0) is 19.7. The second-order valence-corrected chi connectivity index (χ2v) is 8.08. The van der Waals surface area contributed by atoms with Crippen LogP contribution in [0.4, 0.5) is 0 Å². The number of ether oxygens (including phenoxy) is 1. The number of hydrogen-bond donors (Lipinski definition) is 2. The number of phenols is 1. The Morgan fingerprint density at radius 2 is 1.59 bits per heavy atom. The first kappa shape index (κ1) is 21.3. The molecule has 0 fully saturated rings. The van der Waals surface area contributed by atoms with Crippen LogP contribution in [0.5, 0.6) is 17.2 Å². The van der Waals surface area contributed by atoms with Crippen molar-refractivity contribution in [2.75, 3.05) is 0 Å². The molecule has 0 saturated carbocycles. The molecule has 5 nitrogen and oxygen atoms in total. The van der Waals surface area contributed by atoms with Gasteiger partial charge in [-0.3, -0.25) is 4.55 Å². The van der Waals surface area contributed by atoms with Gasteiger partial charge >= 0.3 is 0 Å². The van der Waals surface area contributed by atoms with Gasteiger partial charge in [0, 0.05) is 6.07 Å². The summed E-state index contributed by atoms with van der Waals surface area (Å²) in [6.07, 6.45) is 8.73. The number of rotatable bonds is 11. The van der Waals surface area contributed by atoms with Crippen molar-refractivity contribution in [1.29, 1.82) is 0 Å². The summed E-state index contributed by atoms with van der Waals surface area (Å²) in [6.45, 7) is 2.19. The van der Waals surface area contributed by atoms with E-state index in [-0.39, 0.29) is 16.4 Å². The Bertz CT molecular complexity index is 830. The minimum Gasteiger partial charge on any atom is -0.508 e. The fourth-order valence-corrected chi connectivity index (χ4v) is 3.67. The molecule has 0 heterocycles. The Labute approximate surface area is 161 Å². The van der Waals surface area contributed by atoms with E-state index in [0.29, 0.717) is 12.2 Å². The lowest BCUT2D eigenvalue weighted by Gasteiger charge is -2.14. The molecule has 2 N–H and O–H groups in total. The van der Waals surface area contributed by atoms with Crippen molar-refractivity contribution in [3.05, 3.63) is 48.0 Å². The Morgan fingerprint density at radius 1 is 0.926 bits per heavy atom. The van der Waals surface area contributed by atoms with E-state index in [4.69, 9.17) is 4.74 Å². The van der Waals surface area contributed by atoms with Gasteiger partial charge in [-0.15, -0.1) is 0 Å². The van der Waals surface area contributed by atoms with E-state index in [1.54, 1.807) is 18.2 Å². The van der Waals surface area contributed by atoms with Crippen molar-refractivity contribution in [3.8, 4) is 17.2 Å². The smallest absolute Gasteiger partial charge is 0.298 e. The molecule has 0 atom stereocenters. The van der Waals surface area contributed by atoms with Crippen molar-refractivity contribution >= 4 is 10.1 Å². The summed E-state index contributed by atoms with van der Waals surface area (Å²) in [5.41, 5.74) is 0.724. The second-order valence-electron chi connectivity index (χ2n) is 6.69. The van der Waals surface area contributed by atoms with Crippen molar-refractivity contribution in [1.82, 2.24) is 0 Å². The van der Waals surface area contributed by atoms with Crippen LogP contribution in [0.2, 0.25) is 0 Å². The molecule has 0 aromatic heterocycles. The molecule has 0 bridgehead atoms. The molecule has 0 aliphatic heterocycles. The number of phenolic OH excluding ortho intramolecular Hbond substituents is 1. The quantitative estimate of drug-likeness (QED) is 0.377. The van der Waals surface area contributed by atoms with Crippen molar-refractivity contribution in [2.45, 2.75) is 63.2 Å². The van der Waals surface area contributed by atoms with Crippen LogP contribution in [0.1, 0.15) is 57.4 Å². The van der Waals surface area contributed by atoms with Crippen LogP contribution in [0.25, 0.3) is 0 Å². The highest BCUT2D eigenvalue weighted by atomic mass is 32.2. The first-order valence-electron chi connectivity index (χ1n) is 9.48. The molecule has 0 aliphatic rings. The monoisotopic (exact) mass is 392 g/mol. The third kappa shape index (κ3) is 6.88. The number of benzene rings is 2. The van der Waals surface area contributed by atoms with Gasteiger partial charge in [-0.2, -0.15) is 8.42 Å². The van der Waals surface area contributed by atoms with E-state index in [9.17, 15) is 18.1 Å². The summed E-state index contributed by atoms with van der Waals surface area (Å²) in [4.78, 5) is -0.258. The summed E-state index contributed by atoms with van der Waals surface area (Å²) < 4.78 is 38.9. The molecule has 148 valence electrons. The third-order valence-electron chi connectivity index (χ3n) is 4.43. The SMILES string of the molecule is CCCCCCCCCc1cccc(S(=O)(=O)O)c1Oc1cccc(O)c1. The molecule has 2 aromatic rings. The molecule has 0 amide bonds. The van der Waals surface area contributed by atoms with Crippen LogP contribution >= 0.6 is 0 Å². The summed E-state index contributed by atoms with van der Waals surface area (Å²) >= 11 is 0. The van der Waals surface area contributed by atoms with Crippen LogP contribution in [-0.2, 0) is 16.5 Å². The van der Waals surface area contributed by atoms with E-state index in [0.717, 1.165) is 24.8 Å². The maximum Gasteiger partial charge on any atom is 0.298 e. The average molecular weight is 393 g/mol. The maximum absolute atomic E-state index is 11.8. The predicted molar refractivity (Wildman–Crippen MR) is 106 cm³/mol. The van der Waals surface area contributed by atoms with Gasteiger partial charge in [0.2, 0.25) is 0 Å². The van der Waals surface area contributed by atoms with Gasteiger partial charge in [-0.25, -0.2) is 0 Å². The van der Waals surface area contributed by atoms with E-state index < -0.39 is 10.1 Å². The summed E-state index contributed by atoms with van der Waals surface area (Å²) in [7, 11) is -4.42. The molecule has 0 saturated heterocycles. The molecular formula is C21H28O5S. The number of aromatic hydroxyl groups is 1. The molecule has 27 heavy (non-hydrogen) atoms. The third-order valence-corrected chi connectivity index (χ3v) is 5.30. The van der Waals surface area contributed by atoms with Crippen LogP contribution in [0, 0.1) is 0 Å². The number of aryl methyl sites for hydroxylation is 1. The molecule has 0 unspecified atom stereocenters. The van der Waals surface area contributed by atoms with Gasteiger partial charge in [0.1, 0.15) is 16.4 Å². The minimum atomic E-state index is -4.42. The molecule has 2 aromatic carbocycles. The fraction of sp³-hybridized carbons (Fsp3) is 0.429. The zero-order valence-corrected chi connectivity index (χ0v) is 16.5. The summed E-state index contributed by atoms with van der Waals surface area (Å²) in [5, 5.41) is 9.60. The Hall–Kier alpha value is -2.05. The standard InChI is InChI=1S/C21H28O5S/c1-2-3-4-5-6-7-8-11-17-12-9-15-20(27(23,24)25)21(17)26-19-14-10-13-18(22)16-19/h9-10,12-16,22H,2-8,11H2,1H3,(H,23,24,25). The van der Waals surface area contributed by atoms with Crippen molar-refractivity contribution in [3.63, 3.8) is 0 Å². The maximum atomic E-state index is 11.8. The predicted octanol–water partition coefficient (Wildman–Crippen LogP) is 5.72. The topological polar surface area (TPSA) is 83.8 Å². The van der Waals surface area contributed by atoms with Crippen molar-refractivity contribution in [2.24, 2.45) is 0 Å². The number of para-hydroxylation sites is 1. The Morgan fingerprint density at radius 3 is 2.26 bits per heavy atom. The molecule has 6 heteroatoms. The number of hydrogen-bond acceptors (Lipinski definition) is 4. The van der Waals surface area contributed by atoms with E-state index in [1.807, 2.05) is 6.07 Å². The lowest BCUT2D eigenvalue weighted by molar-refractivity contribution is 0.436. The van der Waals surface area contributed by atoms with Crippen molar-refractivity contribution < 1.29 is 22.8 Å². The largest absolute Gasteiger partial charge is 0.508 e. The van der Waals surface area contributed by atoms with Gasteiger partial charge in [0.25, 0.3) is 10.1 Å². The van der Waals surface area contributed by atoms with Crippen LogP contribution in [-0.4, -0.2) is 18.1 Å². The highest BCUT2D eigenvalue weighted by molar-refractivity contribution is 7.86. The Kier molecular flexibility index (Phi) is 8.13. The molecule has 0 radical (unpaired) electrons. The fourth-order valence-electron chi connectivity index (χ4n) is 3.01. The van der Waals surface area contributed by atoms with E-state index in [1.165, 1.54) is 43.9 Å². The first-order chi connectivity index (χ1) is 12.9. The van der Waals surface area contributed by atoms with E-state index >= 15 is 0 Å². The first-order valence-corrected chi connectivity index (χ1v) is 10.9. The van der Waals surface area contributed by atoms with Gasteiger partial charge in [-0.05, 0) is 36.6 Å². The van der Waals surface area contributed by atoms with Crippen LogP contribution in [0.3, 0.4) is 0 Å². The normalized spacial score (nSPS) is 11.5. The average Bonchev–Trinajstić information content (AvgIpc) is 2.61. The molecule has 0 aliphatic carbocycles. The summed E-state index contributed by atoms with van der Waals surface area (Å²) in [6, 6.07) is 10.9. The molecular weight excluding hydrogens is 364 g/mol. The number of unbranched alkanes of at least 4 members (excludes halogenated alkanes) is 6. The second kappa shape index (κ2) is 10.3. The Balaban J connectivity index is 2.14. The lowest BCUT2D eigenvalue weighted by atomic mass is 10.0. The van der Waals surface area contributed by atoms with Gasteiger partial charge < -0.3 is 9.84 Å². The molecule has 2 rings (SSSR count). The van der Waals surface area contributed by atoms with Gasteiger partial charge in [0.15, 0.2) is 5.75 Å². The van der Waals surface area contributed by atoms with Crippen LogP contribution in [0.15, 0.2) is 47.4 Å². The minimum absolute atomic E-state index is 0.0189. The summed E-state index contributed by atoms with van der Waals surface area (Å²) in [5.74, 6) is 0.453. The molecule has 0 spiro atoms. The highest BCUT2D eigenvalue weighted by Crippen LogP contribution is 2.34. The van der Waals surface area contributed by atoms with Crippen LogP contribution < -0.4 is 4.74 Å². The van der Waals surface area contributed by atoms with E-state index in [2.05, 4.69) is 6.92 Å². The van der Waals surface area contributed by atoms with Gasteiger partial charge in [0.05, 0.1) is 0 Å². The highest BCUT2D eigenvalue weighted by Gasteiger charge is 2.20. The zero-order valence-electron chi connectivity index (χ0n) is 15.7. The lowest BCUT2D eigenvalue weighted by Crippen LogP contribution is -2.04.